The van der Waals surface area contributed by atoms with Crippen LogP contribution in [-0.2, 0) is 110 Å². The highest BCUT2D eigenvalue weighted by Crippen LogP contribution is 2.14. The van der Waals surface area contributed by atoms with E-state index in [9.17, 15) is 83.7 Å². The van der Waals surface area contributed by atoms with E-state index in [1.807, 2.05) is 0 Å². The first kappa shape index (κ1) is 88.8. The van der Waals surface area contributed by atoms with E-state index in [-0.39, 0.29) is 87.0 Å². The average Bonchev–Trinajstić information content (AvgIpc) is 1.98. The molecule has 14 unspecified atom stereocenters. The van der Waals surface area contributed by atoms with Gasteiger partial charge in [-0.1, -0.05) is 6.92 Å². The number of esters is 3. The van der Waals surface area contributed by atoms with Crippen molar-refractivity contribution in [1.82, 2.24) is 16.0 Å². The van der Waals surface area contributed by atoms with E-state index in [1.165, 1.54) is 55.6 Å². The molecule has 0 bridgehead atoms. The smallest absolute Gasteiger partial charge is 0.305 e. The fourth-order valence-corrected chi connectivity index (χ4v) is 6.60. The Morgan fingerprint density at radius 2 is 0.620 bits per heavy atom. The first-order valence-electron chi connectivity index (χ1n) is 30.2. The number of hydrogen-bond acceptors (Lipinski definition) is 31. The number of methoxy groups -OCH3 is 1. The molecule has 0 spiro atoms. The predicted molar refractivity (Wildman–Crippen MR) is 318 cm³/mol. The Hall–Kier alpha value is -5.22. The van der Waals surface area contributed by atoms with Gasteiger partial charge in [0.1, 0.15) is 50.0 Å². The number of nitrogens with one attached hydrogen (secondary N) is 3. The van der Waals surface area contributed by atoms with Crippen molar-refractivity contribution in [3.05, 3.63) is 0 Å². The van der Waals surface area contributed by atoms with Gasteiger partial charge in [-0.2, -0.15) is 0 Å². The third-order valence-electron chi connectivity index (χ3n) is 12.7. The van der Waals surface area contributed by atoms with E-state index in [0.29, 0.717) is 6.42 Å². The van der Waals surface area contributed by atoms with E-state index in [0.717, 1.165) is 0 Å². The lowest BCUT2D eigenvalue weighted by atomic mass is 10.2. The van der Waals surface area contributed by atoms with Crippen molar-refractivity contribution >= 4 is 58.8 Å². The van der Waals surface area contributed by atoms with Crippen LogP contribution in [0.25, 0.3) is 0 Å². The Labute approximate surface area is 536 Å². The van der Waals surface area contributed by atoms with Crippen LogP contribution in [0.5, 0.6) is 0 Å². The summed E-state index contributed by atoms with van der Waals surface area (Å²) in [5.74, 6) is -4.34. The largest absolute Gasteiger partial charge is 0.463 e. The third kappa shape index (κ3) is 46.0. The van der Waals surface area contributed by atoms with Crippen LogP contribution in [0.4, 0.5) is 0 Å². The van der Waals surface area contributed by atoms with Crippen molar-refractivity contribution in [2.24, 2.45) is 5.73 Å². The molecule has 0 aliphatic carbocycles. The Morgan fingerprint density at radius 3 is 0.870 bits per heavy atom. The van der Waals surface area contributed by atoms with Crippen LogP contribution in [0.1, 0.15) is 127 Å². The maximum Gasteiger partial charge on any atom is 0.305 e. The molecule has 0 rings (SSSR count). The van der Waals surface area contributed by atoms with E-state index in [2.05, 4.69) is 16.0 Å². The van der Waals surface area contributed by atoms with Gasteiger partial charge in [0.25, 0.3) is 0 Å². The summed E-state index contributed by atoms with van der Waals surface area (Å²) in [5.41, 5.74) is 5.09. The Morgan fingerprint density at radius 1 is 0.359 bits per heavy atom. The zero-order chi connectivity index (χ0) is 70.1. The number of aliphatic hydroxyl groups excluding tert-OH is 7. The van der Waals surface area contributed by atoms with Crippen LogP contribution in [-0.4, -0.2) is 280 Å². The van der Waals surface area contributed by atoms with Gasteiger partial charge in [-0.25, -0.2) is 0 Å². The van der Waals surface area contributed by atoms with Crippen LogP contribution in [0, 0.1) is 0 Å². The van der Waals surface area contributed by atoms with Gasteiger partial charge in [0.2, 0.25) is 17.7 Å². The fourth-order valence-electron chi connectivity index (χ4n) is 6.60. The second-order valence-electron chi connectivity index (χ2n) is 20.9. The molecule has 0 aromatic rings. The molecule has 0 aliphatic heterocycles. The van der Waals surface area contributed by atoms with E-state index in [1.54, 1.807) is 13.8 Å². The van der Waals surface area contributed by atoms with Gasteiger partial charge in [-0.05, 0) is 81.1 Å². The number of amides is 3. The molecule has 0 aromatic heterocycles. The molecule has 0 radical (unpaired) electrons. The molecule has 0 heterocycles. The number of ether oxygens (including phenoxy) is 13. The molecule has 34 heteroatoms. The van der Waals surface area contributed by atoms with Crippen molar-refractivity contribution in [2.45, 2.75) is 213 Å². The second-order valence-corrected chi connectivity index (χ2v) is 20.9. The number of carbonyl (C=O) groups excluding carboxylic acids is 10. The molecule has 12 N–H and O–H groups in total. The number of rotatable bonds is 56. The molecule has 0 aromatic carbocycles. The molecule has 0 fully saturated rings. The standard InChI is InChI=1S/C54H95N3O29.C4H9NO/c1-9-39(19-58)82-50(22-61)80-30-42(28-75-47(71)16-10-13-44(68)55-33(2)36(5)65)85-52(24-63)78-26-40(20-59)83-51(23-62)81-31-43(29-76-48(72)17-11-14-45(69)56-34(3)37(6)66)86-53(25-64)79-27-41(21-60)84-54(74-8)32-77-49(73)18-12-15-46(70)57-35(4)38(7)67;1-3(5)4(2)6/h33-35,39-43,50-54,58-64H,9-32H2,1-8H3,(H,55,68)(H,56,69)(H,57,70);3H,5H2,1-2H3. The summed E-state index contributed by atoms with van der Waals surface area (Å²) in [5, 5.41) is 78.1. The molecule has 14 atom stereocenters. The van der Waals surface area contributed by atoms with Crippen molar-refractivity contribution in [3.8, 4) is 0 Å². The number of ketones is 4. The summed E-state index contributed by atoms with van der Waals surface area (Å²) in [4.78, 5) is 119. The van der Waals surface area contributed by atoms with Gasteiger partial charge in [-0.15, -0.1) is 0 Å². The molecular formula is C58H104N4O30. The van der Waals surface area contributed by atoms with Crippen LogP contribution >= 0.6 is 0 Å². The van der Waals surface area contributed by atoms with E-state index in [4.69, 9.17) is 67.3 Å². The number of hydrogen-bond donors (Lipinski definition) is 11. The van der Waals surface area contributed by atoms with Crippen LogP contribution in [0.2, 0.25) is 0 Å². The van der Waals surface area contributed by atoms with Gasteiger partial charge < -0.3 is 119 Å². The highest BCUT2D eigenvalue weighted by molar-refractivity contribution is 5.88. The highest BCUT2D eigenvalue weighted by atomic mass is 16.8. The average molecular weight is 1340 g/mol. The lowest BCUT2D eigenvalue weighted by molar-refractivity contribution is -0.264. The van der Waals surface area contributed by atoms with Gasteiger partial charge in [-0.3, -0.25) is 47.9 Å². The Bertz CT molecular complexity index is 2090. The van der Waals surface area contributed by atoms with Gasteiger partial charge in [0, 0.05) is 45.6 Å². The summed E-state index contributed by atoms with van der Waals surface area (Å²) in [6, 6.07) is -2.42. The fraction of sp³-hybridized carbons (Fsp3) is 0.828. The molecule has 0 aliphatic rings. The van der Waals surface area contributed by atoms with Gasteiger partial charge in [0.15, 0.2) is 48.8 Å². The summed E-state index contributed by atoms with van der Waals surface area (Å²) < 4.78 is 72.4. The summed E-state index contributed by atoms with van der Waals surface area (Å²) >= 11 is 0. The zero-order valence-electron chi connectivity index (χ0n) is 54.7. The zero-order valence-corrected chi connectivity index (χ0v) is 54.7. The van der Waals surface area contributed by atoms with Crippen LogP contribution in [0.3, 0.4) is 0 Å². The van der Waals surface area contributed by atoms with Gasteiger partial charge in [0.05, 0.1) is 103 Å². The monoisotopic (exact) mass is 1340 g/mol. The quantitative estimate of drug-likeness (QED) is 0.0164. The number of carbonyl (C=O) groups is 10. The molecule has 92 heavy (non-hydrogen) atoms. The molecule has 0 saturated heterocycles. The van der Waals surface area contributed by atoms with E-state index >= 15 is 0 Å². The SMILES string of the molecule is CC(=O)C(C)N.CCC(CO)OC(CO)OCC(COC(=O)CCCC(=O)NC(C)C(C)=O)OC(CO)OCC(CO)OC(CO)OCC(COC(=O)CCCC(=O)NC(C)C(C)=O)OC(CO)OCC(CO)OC(COC(=O)CCCC(=O)NC(C)C(C)=O)OC. The van der Waals surface area contributed by atoms with Gasteiger partial charge >= 0.3 is 17.9 Å². The number of Topliss-reactive ketones (excluding diaryl/α,β-unsaturated/α-hetero) is 4. The first-order valence-corrected chi connectivity index (χ1v) is 30.2. The van der Waals surface area contributed by atoms with E-state index < -0.39 is 208 Å². The lowest BCUT2D eigenvalue weighted by Crippen LogP contribution is -2.41. The summed E-state index contributed by atoms with van der Waals surface area (Å²) in [6.45, 7) is 4.72. The second kappa shape index (κ2) is 54.1. The molecule has 536 valence electrons. The molecular weight excluding hydrogens is 1230 g/mol. The Kier molecular flexibility index (Phi) is 52.2. The van der Waals surface area contributed by atoms with Crippen LogP contribution in [0.15, 0.2) is 0 Å². The van der Waals surface area contributed by atoms with Crippen molar-refractivity contribution in [1.29, 1.82) is 0 Å². The maximum atomic E-state index is 12.8. The van der Waals surface area contributed by atoms with Crippen LogP contribution < -0.4 is 21.7 Å². The minimum Gasteiger partial charge on any atom is -0.463 e. The highest BCUT2D eigenvalue weighted by Gasteiger charge is 2.28. The Balaban J connectivity index is 0. The molecule has 0 saturated carbocycles. The first-order chi connectivity index (χ1) is 43.5. The molecule has 34 nitrogen and oxygen atoms in total. The topological polar surface area (TPSA) is 494 Å². The number of nitrogens with two attached hydrogens (primary N) is 1. The van der Waals surface area contributed by atoms with Crippen molar-refractivity contribution < 1.29 is 145 Å². The number of aliphatic hydroxyl groups is 7. The summed E-state index contributed by atoms with van der Waals surface area (Å²) in [6.07, 6.45) is -13.2. The maximum absolute atomic E-state index is 12.8. The van der Waals surface area contributed by atoms with Crippen molar-refractivity contribution in [2.75, 3.05) is 99.6 Å². The minimum absolute atomic E-state index is 0.0254. The summed E-state index contributed by atoms with van der Waals surface area (Å²) in [7, 11) is 1.23. The van der Waals surface area contributed by atoms with Crippen molar-refractivity contribution in [3.63, 3.8) is 0 Å². The predicted octanol–water partition coefficient (Wildman–Crippen LogP) is -3.04. The lowest BCUT2D eigenvalue weighted by Gasteiger charge is -2.29. The third-order valence-corrected chi connectivity index (χ3v) is 12.7. The minimum atomic E-state index is -1.57. The normalized spacial score (nSPS) is 15.9. The molecule has 3 amide bonds.